The zero-order valence-corrected chi connectivity index (χ0v) is 18.4. The minimum atomic E-state index is -0.482. The summed E-state index contributed by atoms with van der Waals surface area (Å²) in [7, 11) is 0. The molecule has 0 bridgehead atoms. The number of rotatable bonds is 5. The van der Waals surface area contributed by atoms with E-state index in [-0.39, 0.29) is 36.1 Å². The number of hydrogen-bond donors (Lipinski definition) is 2. The van der Waals surface area contributed by atoms with E-state index < -0.39 is 5.60 Å². The molecule has 2 heterocycles. The minimum Gasteiger partial charge on any atom is -0.469 e. The maximum Gasteiger partial charge on any atom is 0.407 e. The molecule has 1 aromatic heterocycles. The lowest BCUT2D eigenvalue weighted by Crippen LogP contribution is -2.44. The summed E-state index contributed by atoms with van der Waals surface area (Å²) in [5.74, 6) is 1.81. The van der Waals surface area contributed by atoms with E-state index in [9.17, 15) is 4.79 Å². The number of nitrogens with one attached hydrogen (secondary N) is 2. The number of ether oxygens (including phenoxy) is 1. The van der Waals surface area contributed by atoms with Gasteiger partial charge in [-0.3, -0.25) is 4.99 Å². The molecule has 0 radical (unpaired) electrons. The van der Waals surface area contributed by atoms with Crippen molar-refractivity contribution in [3.8, 4) is 0 Å². The first-order chi connectivity index (χ1) is 11.9. The summed E-state index contributed by atoms with van der Waals surface area (Å²) >= 11 is 0. The topological polar surface area (TPSA) is 79.1 Å². The first-order valence-electron chi connectivity index (χ1n) is 8.92. The Labute approximate surface area is 173 Å². The molecule has 2 rings (SSSR count). The first-order valence-corrected chi connectivity index (χ1v) is 8.92. The van der Waals surface area contributed by atoms with Gasteiger partial charge >= 0.3 is 6.09 Å². The van der Waals surface area contributed by atoms with E-state index in [0.29, 0.717) is 6.54 Å². The molecule has 8 heteroatoms. The summed E-state index contributed by atoms with van der Waals surface area (Å²) in [4.78, 5) is 18.8. The van der Waals surface area contributed by atoms with Gasteiger partial charge in [0.05, 0.1) is 12.3 Å². The highest BCUT2D eigenvalue weighted by molar-refractivity contribution is 14.0. The largest absolute Gasteiger partial charge is 0.469 e. The lowest BCUT2D eigenvalue weighted by molar-refractivity contribution is 0.0507. The van der Waals surface area contributed by atoms with Crippen LogP contribution >= 0.6 is 24.0 Å². The quantitative estimate of drug-likeness (QED) is 0.387. The number of nitrogens with zero attached hydrogens (tertiary/aromatic N) is 2. The van der Waals surface area contributed by atoms with Crippen molar-refractivity contribution >= 4 is 36.0 Å². The van der Waals surface area contributed by atoms with Crippen LogP contribution in [0.5, 0.6) is 0 Å². The lowest BCUT2D eigenvalue weighted by atomic mass is 10.2. The highest BCUT2D eigenvalue weighted by Crippen LogP contribution is 2.12. The summed E-state index contributed by atoms with van der Waals surface area (Å²) in [6.07, 6.45) is 2.97. The molecule has 1 aliphatic rings. The second-order valence-corrected chi connectivity index (χ2v) is 7.14. The van der Waals surface area contributed by atoms with Crippen LogP contribution in [0, 0.1) is 0 Å². The predicted molar refractivity (Wildman–Crippen MR) is 113 cm³/mol. The fraction of sp³-hybridized carbons (Fsp3) is 0.667. The average molecular weight is 478 g/mol. The van der Waals surface area contributed by atoms with Gasteiger partial charge in [0.15, 0.2) is 5.96 Å². The third kappa shape index (κ3) is 7.84. The van der Waals surface area contributed by atoms with Gasteiger partial charge in [-0.1, -0.05) is 0 Å². The Hall–Kier alpha value is -1.45. The van der Waals surface area contributed by atoms with Crippen molar-refractivity contribution in [1.82, 2.24) is 15.5 Å². The molecule has 0 aliphatic carbocycles. The van der Waals surface area contributed by atoms with E-state index in [1.807, 2.05) is 32.9 Å². The molecule has 1 unspecified atom stereocenters. The number of hydrogen-bond acceptors (Lipinski definition) is 4. The Bertz CT molecular complexity index is 569. The fourth-order valence-corrected chi connectivity index (χ4v) is 2.70. The maximum absolute atomic E-state index is 11.9. The molecule has 1 saturated heterocycles. The van der Waals surface area contributed by atoms with Crippen LogP contribution in [-0.2, 0) is 11.2 Å². The lowest BCUT2D eigenvalue weighted by Gasteiger charge is -2.23. The van der Waals surface area contributed by atoms with Crippen molar-refractivity contribution in [2.45, 2.75) is 52.2 Å². The van der Waals surface area contributed by atoms with Gasteiger partial charge in [-0.2, -0.15) is 0 Å². The molecule has 1 aromatic rings. The van der Waals surface area contributed by atoms with Crippen LogP contribution in [0.4, 0.5) is 4.79 Å². The molecule has 1 atom stereocenters. The van der Waals surface area contributed by atoms with E-state index in [1.54, 1.807) is 6.26 Å². The van der Waals surface area contributed by atoms with E-state index in [4.69, 9.17) is 9.15 Å². The Morgan fingerprint density at radius 2 is 2.23 bits per heavy atom. The number of aliphatic imine (C=N–C) groups is 1. The second-order valence-electron chi connectivity index (χ2n) is 7.14. The third-order valence-corrected chi connectivity index (χ3v) is 3.74. The standard InChI is InChI=1S/C18H30N4O3.HI/c1-5-19-16(20-10-8-15-7-6-12-24-15)22-11-9-14(13-22)21-17(23)25-18(2,3)4;/h6-7,12,14H,5,8-11,13H2,1-4H3,(H,19,20)(H,21,23);1H. The number of carbonyl (C=O) groups excluding carboxylic acids is 1. The number of halogens is 1. The van der Waals surface area contributed by atoms with E-state index in [2.05, 4.69) is 27.4 Å². The normalized spacial score (nSPS) is 17.6. The van der Waals surface area contributed by atoms with Gasteiger partial charge in [-0.15, -0.1) is 24.0 Å². The van der Waals surface area contributed by atoms with Gasteiger partial charge in [0.1, 0.15) is 11.4 Å². The minimum absolute atomic E-state index is 0. The number of alkyl carbamates (subject to hydrolysis) is 1. The first kappa shape index (κ1) is 22.6. The molecule has 1 amide bonds. The highest BCUT2D eigenvalue weighted by Gasteiger charge is 2.27. The monoisotopic (exact) mass is 478 g/mol. The molecule has 2 N–H and O–H groups in total. The van der Waals surface area contributed by atoms with Crippen molar-refractivity contribution in [1.29, 1.82) is 0 Å². The summed E-state index contributed by atoms with van der Waals surface area (Å²) in [5, 5.41) is 6.26. The van der Waals surface area contributed by atoms with Crippen molar-refractivity contribution in [2.75, 3.05) is 26.2 Å². The molecule has 1 fully saturated rings. The van der Waals surface area contributed by atoms with Gasteiger partial charge in [-0.25, -0.2) is 4.79 Å². The molecule has 0 saturated carbocycles. The molecular formula is C18H31IN4O3. The van der Waals surface area contributed by atoms with E-state index in [1.165, 1.54) is 0 Å². The van der Waals surface area contributed by atoms with Crippen LogP contribution in [0.2, 0.25) is 0 Å². The van der Waals surface area contributed by atoms with Crippen molar-refractivity contribution in [2.24, 2.45) is 4.99 Å². The number of guanidine groups is 1. The van der Waals surface area contributed by atoms with Gasteiger partial charge in [0.2, 0.25) is 0 Å². The zero-order valence-electron chi connectivity index (χ0n) is 16.1. The maximum atomic E-state index is 11.9. The molecule has 0 spiro atoms. The third-order valence-electron chi connectivity index (χ3n) is 3.74. The van der Waals surface area contributed by atoms with Gasteiger partial charge in [0, 0.05) is 32.6 Å². The highest BCUT2D eigenvalue weighted by atomic mass is 127. The van der Waals surface area contributed by atoms with Gasteiger partial charge in [0.25, 0.3) is 0 Å². The van der Waals surface area contributed by atoms with E-state index in [0.717, 1.165) is 44.2 Å². The van der Waals surface area contributed by atoms with Crippen LogP contribution in [0.15, 0.2) is 27.8 Å². The number of carbonyl (C=O) groups is 1. The number of amides is 1. The Kier molecular flexibility index (Phi) is 9.24. The zero-order chi connectivity index (χ0) is 18.3. The number of furan rings is 1. The second kappa shape index (κ2) is 10.6. The fourth-order valence-electron chi connectivity index (χ4n) is 2.70. The van der Waals surface area contributed by atoms with Gasteiger partial charge < -0.3 is 24.7 Å². The molecule has 148 valence electrons. The SMILES string of the molecule is CCNC(=NCCc1ccco1)N1CCC(NC(=O)OC(C)(C)C)C1.I. The predicted octanol–water partition coefficient (Wildman–Crippen LogP) is 3.00. The Morgan fingerprint density at radius 1 is 1.46 bits per heavy atom. The summed E-state index contributed by atoms with van der Waals surface area (Å²) in [6.45, 7) is 10.7. The summed E-state index contributed by atoms with van der Waals surface area (Å²) in [5.41, 5.74) is -0.482. The van der Waals surface area contributed by atoms with Crippen LogP contribution in [0.25, 0.3) is 0 Å². The smallest absolute Gasteiger partial charge is 0.407 e. The van der Waals surface area contributed by atoms with Gasteiger partial charge in [-0.05, 0) is 46.2 Å². The van der Waals surface area contributed by atoms with Crippen LogP contribution in [-0.4, -0.2) is 54.8 Å². The van der Waals surface area contributed by atoms with Crippen molar-refractivity contribution in [3.05, 3.63) is 24.2 Å². The summed E-state index contributed by atoms with van der Waals surface area (Å²) in [6, 6.07) is 3.92. The van der Waals surface area contributed by atoms with Crippen LogP contribution < -0.4 is 10.6 Å². The molecule has 7 nitrogen and oxygen atoms in total. The van der Waals surface area contributed by atoms with E-state index >= 15 is 0 Å². The molecular weight excluding hydrogens is 447 g/mol. The number of likely N-dealkylation sites (tertiary alicyclic amines) is 1. The van der Waals surface area contributed by atoms with Crippen molar-refractivity contribution < 1.29 is 13.9 Å². The molecule has 26 heavy (non-hydrogen) atoms. The average Bonchev–Trinajstić information content (AvgIpc) is 3.16. The molecule has 1 aliphatic heterocycles. The molecule has 0 aromatic carbocycles. The Balaban J connectivity index is 0.00000338. The van der Waals surface area contributed by atoms with Crippen molar-refractivity contribution in [3.63, 3.8) is 0 Å². The van der Waals surface area contributed by atoms with Crippen LogP contribution in [0.3, 0.4) is 0 Å². The summed E-state index contributed by atoms with van der Waals surface area (Å²) < 4.78 is 10.7. The van der Waals surface area contributed by atoms with Crippen LogP contribution in [0.1, 0.15) is 39.9 Å². The Morgan fingerprint density at radius 3 is 2.85 bits per heavy atom.